The number of ether oxygens (including phenoxy) is 2. The Labute approximate surface area is 202 Å². The molecule has 2 fully saturated rings. The van der Waals surface area contributed by atoms with E-state index in [2.05, 4.69) is 64.0 Å². The van der Waals surface area contributed by atoms with Gasteiger partial charge in [0.15, 0.2) is 0 Å². The summed E-state index contributed by atoms with van der Waals surface area (Å²) in [6.45, 7) is 5.52. The predicted molar refractivity (Wildman–Crippen MR) is 133 cm³/mol. The lowest BCUT2D eigenvalue weighted by atomic mass is 9.99. The van der Waals surface area contributed by atoms with Crippen LogP contribution in [0.2, 0.25) is 0 Å². The molecule has 5 rings (SSSR count). The van der Waals surface area contributed by atoms with Crippen LogP contribution in [-0.4, -0.2) is 65.8 Å². The lowest BCUT2D eigenvalue weighted by molar-refractivity contribution is -0.133. The number of carbonyl (C=O) groups excluding carboxylic acids is 1. The van der Waals surface area contributed by atoms with Crippen molar-refractivity contribution < 1.29 is 14.3 Å². The van der Waals surface area contributed by atoms with Gasteiger partial charge >= 0.3 is 0 Å². The molecule has 2 saturated heterocycles. The van der Waals surface area contributed by atoms with Gasteiger partial charge in [-0.1, -0.05) is 48.5 Å². The number of benzene rings is 2. The lowest BCUT2D eigenvalue weighted by Gasteiger charge is -2.30. The van der Waals surface area contributed by atoms with E-state index in [1.807, 2.05) is 18.2 Å². The van der Waals surface area contributed by atoms with Gasteiger partial charge in [-0.25, -0.2) is 0 Å². The summed E-state index contributed by atoms with van der Waals surface area (Å²) in [6, 6.07) is 18.8. The van der Waals surface area contributed by atoms with Gasteiger partial charge in [-0.2, -0.15) is 0 Å². The zero-order valence-electron chi connectivity index (χ0n) is 20.1. The van der Waals surface area contributed by atoms with E-state index in [1.165, 1.54) is 16.5 Å². The summed E-state index contributed by atoms with van der Waals surface area (Å²) in [5.74, 6) is 0.717. The molecular weight excluding hydrogens is 426 g/mol. The number of aryl methyl sites for hydroxylation is 1. The summed E-state index contributed by atoms with van der Waals surface area (Å²) in [6.07, 6.45) is 4.22. The smallest absolute Gasteiger partial charge is 0.236 e. The predicted octanol–water partition coefficient (Wildman–Crippen LogP) is 3.83. The van der Waals surface area contributed by atoms with Crippen molar-refractivity contribution in [2.75, 3.05) is 39.4 Å². The highest BCUT2D eigenvalue weighted by Crippen LogP contribution is 2.24. The highest BCUT2D eigenvalue weighted by molar-refractivity contribution is 5.84. The van der Waals surface area contributed by atoms with Gasteiger partial charge in [0.25, 0.3) is 0 Å². The quantitative estimate of drug-likeness (QED) is 0.537. The third-order valence-corrected chi connectivity index (χ3v) is 7.12. The lowest BCUT2D eigenvalue weighted by Crippen LogP contribution is -2.42. The highest BCUT2D eigenvalue weighted by Gasteiger charge is 2.30. The first-order valence-electron chi connectivity index (χ1n) is 12.4. The second kappa shape index (κ2) is 10.7. The van der Waals surface area contributed by atoms with Crippen molar-refractivity contribution >= 4 is 16.8 Å². The molecule has 34 heavy (non-hydrogen) atoms. The van der Waals surface area contributed by atoms with E-state index in [-0.39, 0.29) is 12.0 Å². The zero-order chi connectivity index (χ0) is 23.3. The Balaban J connectivity index is 1.33. The zero-order valence-corrected chi connectivity index (χ0v) is 20.1. The van der Waals surface area contributed by atoms with E-state index in [0.29, 0.717) is 25.6 Å². The molecule has 0 N–H and O–H groups in total. The maximum absolute atomic E-state index is 13.4. The van der Waals surface area contributed by atoms with Crippen molar-refractivity contribution in [3.05, 3.63) is 71.9 Å². The van der Waals surface area contributed by atoms with Crippen LogP contribution in [-0.2, 0) is 34.5 Å². The average molecular weight is 462 g/mol. The Morgan fingerprint density at radius 3 is 2.59 bits per heavy atom. The topological polar surface area (TPSA) is 46.9 Å². The molecule has 0 saturated carbocycles. The number of rotatable bonds is 7. The maximum atomic E-state index is 13.4. The summed E-state index contributed by atoms with van der Waals surface area (Å²) < 4.78 is 14.1. The first-order chi connectivity index (χ1) is 16.7. The fourth-order valence-electron chi connectivity index (χ4n) is 5.27. The number of carbonyl (C=O) groups is 1. The van der Waals surface area contributed by atoms with Gasteiger partial charge < -0.3 is 18.9 Å². The Hall–Kier alpha value is -2.67. The van der Waals surface area contributed by atoms with Crippen LogP contribution in [0.15, 0.2) is 60.8 Å². The van der Waals surface area contributed by atoms with Crippen molar-refractivity contribution in [1.82, 2.24) is 14.4 Å². The largest absolute Gasteiger partial charge is 0.381 e. The molecule has 0 radical (unpaired) electrons. The van der Waals surface area contributed by atoms with E-state index < -0.39 is 0 Å². The molecule has 180 valence electrons. The number of hydrogen-bond donors (Lipinski definition) is 0. The van der Waals surface area contributed by atoms with E-state index >= 15 is 0 Å². The van der Waals surface area contributed by atoms with E-state index in [0.717, 1.165) is 51.3 Å². The fourth-order valence-corrected chi connectivity index (χ4v) is 5.27. The van der Waals surface area contributed by atoms with Gasteiger partial charge in [0.05, 0.1) is 19.3 Å². The molecule has 3 aromatic rings. The molecule has 0 aliphatic carbocycles. The minimum Gasteiger partial charge on any atom is -0.381 e. The molecule has 6 nitrogen and oxygen atoms in total. The molecule has 2 aliphatic rings. The molecule has 2 aromatic carbocycles. The highest BCUT2D eigenvalue weighted by atomic mass is 16.5. The monoisotopic (exact) mass is 461 g/mol. The minimum atomic E-state index is -0.0264. The normalized spacial score (nSPS) is 20.7. The van der Waals surface area contributed by atoms with Crippen LogP contribution in [0.1, 0.15) is 24.0 Å². The molecule has 1 unspecified atom stereocenters. The Kier molecular flexibility index (Phi) is 7.28. The Morgan fingerprint density at radius 2 is 1.76 bits per heavy atom. The number of amides is 1. The van der Waals surface area contributed by atoms with Crippen LogP contribution >= 0.6 is 0 Å². The van der Waals surface area contributed by atoms with Gasteiger partial charge in [0, 0.05) is 63.5 Å². The van der Waals surface area contributed by atoms with E-state index in [4.69, 9.17) is 9.47 Å². The first kappa shape index (κ1) is 23.1. The number of hydrogen-bond acceptors (Lipinski definition) is 4. The van der Waals surface area contributed by atoms with Crippen LogP contribution < -0.4 is 0 Å². The van der Waals surface area contributed by atoms with E-state index in [9.17, 15) is 4.79 Å². The van der Waals surface area contributed by atoms with Gasteiger partial charge in [-0.3, -0.25) is 9.69 Å². The summed E-state index contributed by atoms with van der Waals surface area (Å²) in [7, 11) is 2.08. The van der Waals surface area contributed by atoms with Crippen LogP contribution in [0.3, 0.4) is 0 Å². The molecule has 3 heterocycles. The summed E-state index contributed by atoms with van der Waals surface area (Å²) in [5, 5.41) is 1.25. The van der Waals surface area contributed by atoms with Crippen molar-refractivity contribution in [2.45, 2.75) is 32.1 Å². The standard InChI is InChI=1S/C28H35N3O3/c1-29-16-24(26-9-5-6-10-27(26)29)17-30-18-25(34-21-23-7-3-2-4-8-23)19-31(28(32)20-30)15-22-11-13-33-14-12-22/h2-10,16,22,25H,11-15,17-21H2,1H3. The van der Waals surface area contributed by atoms with Crippen molar-refractivity contribution in [3.8, 4) is 0 Å². The average Bonchev–Trinajstić information content (AvgIpc) is 3.09. The van der Waals surface area contributed by atoms with Crippen molar-refractivity contribution in [1.29, 1.82) is 0 Å². The second-order valence-electron chi connectivity index (χ2n) is 9.73. The van der Waals surface area contributed by atoms with Crippen LogP contribution in [0.5, 0.6) is 0 Å². The molecule has 1 atom stereocenters. The maximum Gasteiger partial charge on any atom is 0.236 e. The van der Waals surface area contributed by atoms with Crippen LogP contribution in [0.25, 0.3) is 10.9 Å². The first-order valence-corrected chi connectivity index (χ1v) is 12.4. The van der Waals surface area contributed by atoms with Gasteiger partial charge in [-0.15, -0.1) is 0 Å². The SMILES string of the molecule is Cn1cc(CN2CC(=O)N(CC3CCOCC3)CC(OCc3ccccc3)C2)c2ccccc21. The number of fused-ring (bicyclic) bond motifs is 1. The Bertz CT molecular complexity index is 1090. The summed E-state index contributed by atoms with van der Waals surface area (Å²) in [5.41, 5.74) is 3.64. The van der Waals surface area contributed by atoms with Crippen molar-refractivity contribution in [2.24, 2.45) is 13.0 Å². The van der Waals surface area contributed by atoms with Crippen LogP contribution in [0, 0.1) is 5.92 Å². The number of aromatic nitrogens is 1. The summed E-state index contributed by atoms with van der Waals surface area (Å²) in [4.78, 5) is 17.7. The molecule has 1 aromatic heterocycles. The minimum absolute atomic E-state index is 0.0264. The number of nitrogens with zero attached hydrogens (tertiary/aromatic N) is 3. The van der Waals surface area contributed by atoms with Gasteiger partial charge in [0.1, 0.15) is 0 Å². The summed E-state index contributed by atoms with van der Waals surface area (Å²) >= 11 is 0. The second-order valence-corrected chi connectivity index (χ2v) is 9.73. The van der Waals surface area contributed by atoms with Crippen molar-refractivity contribution in [3.63, 3.8) is 0 Å². The van der Waals surface area contributed by atoms with Gasteiger partial charge in [0.2, 0.25) is 5.91 Å². The van der Waals surface area contributed by atoms with Gasteiger partial charge in [-0.05, 0) is 36.0 Å². The molecule has 2 aliphatic heterocycles. The molecule has 0 bridgehead atoms. The number of para-hydroxylation sites is 1. The molecule has 0 spiro atoms. The molecular formula is C28H35N3O3. The third-order valence-electron chi connectivity index (χ3n) is 7.12. The van der Waals surface area contributed by atoms with Crippen LogP contribution in [0.4, 0.5) is 0 Å². The molecule has 1 amide bonds. The molecule has 6 heteroatoms. The third kappa shape index (κ3) is 5.52. The van der Waals surface area contributed by atoms with E-state index in [1.54, 1.807) is 0 Å². The fraction of sp³-hybridized carbons (Fsp3) is 0.464. The Morgan fingerprint density at radius 1 is 1.00 bits per heavy atom.